The molecule has 0 unspecified atom stereocenters. The second-order valence-electron chi connectivity index (χ2n) is 4.01. The Morgan fingerprint density at radius 3 is 2.93 bits per heavy atom. The van der Waals surface area contributed by atoms with Crippen LogP contribution in [0, 0.1) is 5.92 Å². The van der Waals surface area contributed by atoms with E-state index in [0.717, 1.165) is 17.4 Å². The average Bonchev–Trinajstić information content (AvgIpc) is 2.80. The smallest absolute Gasteiger partial charge is 0.243 e. The Kier molecular flexibility index (Phi) is 2.62. The number of carbonyl (C=O) groups excluding carboxylic acids is 1. The summed E-state index contributed by atoms with van der Waals surface area (Å²) in [5, 5.41) is 2.52. The van der Waals surface area contributed by atoms with Gasteiger partial charge in [-0.1, -0.05) is 6.92 Å². The van der Waals surface area contributed by atoms with Gasteiger partial charge in [-0.05, 0) is 30.5 Å². The van der Waals surface area contributed by atoms with Gasteiger partial charge in [0.15, 0.2) is 0 Å². The molecule has 15 heavy (non-hydrogen) atoms. The number of amides is 1. The van der Waals surface area contributed by atoms with E-state index in [0.29, 0.717) is 5.92 Å². The highest BCUT2D eigenvalue weighted by Gasteiger charge is 2.36. The average molecular weight is 205 g/mol. The molecule has 1 saturated carbocycles. The van der Waals surface area contributed by atoms with Gasteiger partial charge in [-0.15, -0.1) is 0 Å². The first-order valence-electron chi connectivity index (χ1n) is 5.20. The van der Waals surface area contributed by atoms with Crippen LogP contribution in [0.3, 0.4) is 0 Å². The third-order valence-electron chi connectivity index (χ3n) is 2.77. The van der Waals surface area contributed by atoms with Gasteiger partial charge >= 0.3 is 0 Å². The molecule has 3 nitrogen and oxygen atoms in total. The second kappa shape index (κ2) is 3.93. The van der Waals surface area contributed by atoms with Gasteiger partial charge in [0, 0.05) is 19.0 Å². The number of rotatable bonds is 3. The Morgan fingerprint density at radius 1 is 1.60 bits per heavy atom. The molecule has 0 aliphatic heterocycles. The Labute approximate surface area is 89.2 Å². The summed E-state index contributed by atoms with van der Waals surface area (Å²) in [5.74, 6) is 3.00. The minimum Gasteiger partial charge on any atom is -0.461 e. The van der Waals surface area contributed by atoms with Crippen LogP contribution in [0.25, 0.3) is 6.08 Å². The third kappa shape index (κ3) is 2.29. The normalized spacial score (nSPS) is 24.4. The van der Waals surface area contributed by atoms with Crippen LogP contribution in [0.15, 0.2) is 22.6 Å². The van der Waals surface area contributed by atoms with E-state index in [9.17, 15) is 4.79 Å². The molecular weight excluding hydrogens is 190 g/mol. The van der Waals surface area contributed by atoms with E-state index in [1.165, 1.54) is 12.5 Å². The highest BCUT2D eigenvalue weighted by molar-refractivity contribution is 5.91. The topological polar surface area (TPSA) is 42.2 Å². The first-order valence-corrected chi connectivity index (χ1v) is 5.20. The molecule has 0 spiro atoms. The SMILES string of the molecule is CNC(=O)/C=C\c1ccc([C@@H]2C[C@H]2C)o1. The number of hydrogen-bond donors (Lipinski definition) is 1. The van der Waals surface area contributed by atoms with Gasteiger partial charge in [0.1, 0.15) is 11.5 Å². The third-order valence-corrected chi connectivity index (χ3v) is 2.77. The molecule has 0 bridgehead atoms. The molecule has 3 heteroatoms. The Balaban J connectivity index is 2.01. The van der Waals surface area contributed by atoms with E-state index >= 15 is 0 Å². The van der Waals surface area contributed by atoms with Crippen LogP contribution in [-0.4, -0.2) is 13.0 Å². The number of likely N-dealkylation sites (N-methyl/N-ethyl adjacent to an activating group) is 1. The van der Waals surface area contributed by atoms with Gasteiger partial charge in [-0.25, -0.2) is 0 Å². The summed E-state index contributed by atoms with van der Waals surface area (Å²) in [6.45, 7) is 2.22. The van der Waals surface area contributed by atoms with Crippen molar-refractivity contribution in [2.24, 2.45) is 5.92 Å². The molecule has 1 aromatic heterocycles. The van der Waals surface area contributed by atoms with Crippen LogP contribution >= 0.6 is 0 Å². The van der Waals surface area contributed by atoms with Crippen LogP contribution in [0.4, 0.5) is 0 Å². The predicted molar refractivity (Wildman–Crippen MR) is 58.3 cm³/mol. The lowest BCUT2D eigenvalue weighted by atomic mass is 10.3. The first kappa shape index (κ1) is 10.0. The van der Waals surface area contributed by atoms with Gasteiger partial charge in [-0.2, -0.15) is 0 Å². The van der Waals surface area contributed by atoms with Gasteiger partial charge < -0.3 is 9.73 Å². The fourth-order valence-electron chi connectivity index (χ4n) is 1.62. The van der Waals surface area contributed by atoms with Crippen LogP contribution in [0.1, 0.15) is 30.8 Å². The van der Waals surface area contributed by atoms with Crippen molar-refractivity contribution in [1.82, 2.24) is 5.32 Å². The molecule has 0 radical (unpaired) electrons. The zero-order chi connectivity index (χ0) is 10.8. The fourth-order valence-corrected chi connectivity index (χ4v) is 1.62. The van der Waals surface area contributed by atoms with Crippen LogP contribution in [-0.2, 0) is 4.79 Å². The van der Waals surface area contributed by atoms with Gasteiger partial charge in [0.25, 0.3) is 0 Å². The van der Waals surface area contributed by atoms with E-state index in [2.05, 4.69) is 12.2 Å². The van der Waals surface area contributed by atoms with Crippen LogP contribution in [0.2, 0.25) is 0 Å². The lowest BCUT2D eigenvalue weighted by Gasteiger charge is -1.91. The van der Waals surface area contributed by atoms with Crippen molar-refractivity contribution < 1.29 is 9.21 Å². The Morgan fingerprint density at radius 2 is 2.33 bits per heavy atom. The van der Waals surface area contributed by atoms with E-state index in [1.54, 1.807) is 13.1 Å². The van der Waals surface area contributed by atoms with Gasteiger partial charge in [0.05, 0.1) is 0 Å². The standard InChI is InChI=1S/C12H15NO2/c1-8-7-10(8)11-5-3-9(15-11)4-6-12(14)13-2/h3-6,8,10H,7H2,1-2H3,(H,13,14)/b6-4-/t8-,10-/m1/s1. The van der Waals surface area contributed by atoms with Gasteiger partial charge in [0.2, 0.25) is 5.91 Å². The van der Waals surface area contributed by atoms with E-state index in [1.807, 2.05) is 12.1 Å². The molecule has 1 amide bonds. The maximum atomic E-state index is 11.0. The van der Waals surface area contributed by atoms with Crippen molar-refractivity contribution >= 4 is 12.0 Å². The highest BCUT2D eigenvalue weighted by Crippen LogP contribution is 2.47. The van der Waals surface area contributed by atoms with Crippen molar-refractivity contribution in [3.63, 3.8) is 0 Å². The molecule has 1 fully saturated rings. The van der Waals surface area contributed by atoms with E-state index in [4.69, 9.17) is 4.42 Å². The van der Waals surface area contributed by atoms with Gasteiger partial charge in [-0.3, -0.25) is 4.79 Å². The number of nitrogens with one attached hydrogen (secondary N) is 1. The molecule has 0 aromatic carbocycles. The lowest BCUT2D eigenvalue weighted by molar-refractivity contribution is -0.115. The first-order chi connectivity index (χ1) is 7.20. The summed E-state index contributed by atoms with van der Waals surface area (Å²) < 4.78 is 5.61. The predicted octanol–water partition coefficient (Wildman–Crippen LogP) is 2.16. The van der Waals surface area contributed by atoms with Crippen molar-refractivity contribution in [3.05, 3.63) is 29.7 Å². The lowest BCUT2D eigenvalue weighted by Crippen LogP contribution is -2.13. The van der Waals surface area contributed by atoms with E-state index in [-0.39, 0.29) is 5.91 Å². The zero-order valence-electron chi connectivity index (χ0n) is 8.99. The molecule has 2 atom stereocenters. The molecule has 1 aliphatic rings. The summed E-state index contributed by atoms with van der Waals surface area (Å²) in [6, 6.07) is 3.90. The summed E-state index contributed by atoms with van der Waals surface area (Å²) >= 11 is 0. The van der Waals surface area contributed by atoms with Crippen molar-refractivity contribution in [2.45, 2.75) is 19.3 Å². The quantitative estimate of drug-likeness (QED) is 0.768. The van der Waals surface area contributed by atoms with Crippen molar-refractivity contribution in [1.29, 1.82) is 0 Å². The summed E-state index contributed by atoms with van der Waals surface area (Å²) in [7, 11) is 1.60. The molecule has 2 rings (SSSR count). The van der Waals surface area contributed by atoms with Crippen LogP contribution in [0.5, 0.6) is 0 Å². The Bertz CT molecular complexity index is 392. The molecule has 1 aromatic rings. The van der Waals surface area contributed by atoms with Crippen LogP contribution < -0.4 is 5.32 Å². The molecule has 1 aliphatic carbocycles. The molecule has 0 saturated heterocycles. The summed E-state index contributed by atoms with van der Waals surface area (Å²) in [4.78, 5) is 11.0. The second-order valence-corrected chi connectivity index (χ2v) is 4.01. The van der Waals surface area contributed by atoms with E-state index < -0.39 is 0 Å². The monoisotopic (exact) mass is 205 g/mol. The minimum atomic E-state index is -0.118. The zero-order valence-corrected chi connectivity index (χ0v) is 8.99. The highest BCUT2D eigenvalue weighted by atomic mass is 16.3. The Hall–Kier alpha value is -1.51. The molecule has 1 N–H and O–H groups in total. The van der Waals surface area contributed by atoms with Crippen molar-refractivity contribution in [3.8, 4) is 0 Å². The summed E-state index contributed by atoms with van der Waals surface area (Å²) in [5.41, 5.74) is 0. The van der Waals surface area contributed by atoms with Crippen molar-refractivity contribution in [2.75, 3.05) is 7.05 Å². The minimum absolute atomic E-state index is 0.118. The number of carbonyl (C=O) groups is 1. The molecule has 80 valence electrons. The maximum absolute atomic E-state index is 11.0. The summed E-state index contributed by atoms with van der Waals surface area (Å²) in [6.07, 6.45) is 4.38. The molecular formula is C12H15NO2. The maximum Gasteiger partial charge on any atom is 0.243 e. The molecule has 1 heterocycles. The number of furan rings is 1. The largest absolute Gasteiger partial charge is 0.461 e. The fraction of sp³-hybridized carbons (Fsp3) is 0.417. The number of hydrogen-bond acceptors (Lipinski definition) is 2.